The normalized spacial score (nSPS) is 15.3. The molecule has 0 atom stereocenters. The molecule has 1 saturated carbocycles. The van der Waals surface area contributed by atoms with Crippen LogP contribution in [0, 0.1) is 10.1 Å². The summed E-state index contributed by atoms with van der Waals surface area (Å²) in [6.07, 6.45) is 2.17. The number of hydrogen-bond acceptors (Lipinski definition) is 4. The lowest BCUT2D eigenvalue weighted by atomic mass is 10.2. The van der Waals surface area contributed by atoms with Gasteiger partial charge in [0.05, 0.1) is 11.0 Å². The zero-order valence-electron chi connectivity index (χ0n) is 10.8. The van der Waals surface area contributed by atoms with Gasteiger partial charge in [-0.25, -0.2) is 0 Å². The van der Waals surface area contributed by atoms with Gasteiger partial charge in [-0.1, -0.05) is 6.07 Å². The van der Waals surface area contributed by atoms with E-state index in [9.17, 15) is 10.1 Å². The number of nitro groups is 1. The molecule has 5 nitrogen and oxygen atoms in total. The van der Waals surface area contributed by atoms with Crippen molar-refractivity contribution < 1.29 is 14.4 Å². The van der Waals surface area contributed by atoms with Crippen LogP contribution in [0.25, 0.3) is 0 Å². The van der Waals surface area contributed by atoms with Crippen LogP contribution < -0.4 is 9.47 Å². The molecule has 0 radical (unpaired) electrons. The first-order valence-corrected chi connectivity index (χ1v) is 6.00. The molecule has 5 heteroatoms. The quantitative estimate of drug-likeness (QED) is 0.608. The van der Waals surface area contributed by atoms with Crippen LogP contribution in [0.2, 0.25) is 0 Å². The van der Waals surface area contributed by atoms with Crippen LogP contribution in [0.4, 0.5) is 5.69 Å². The molecule has 0 N–H and O–H groups in total. The van der Waals surface area contributed by atoms with Gasteiger partial charge in [0.1, 0.15) is 5.60 Å². The van der Waals surface area contributed by atoms with Gasteiger partial charge in [0, 0.05) is 6.07 Å². The fourth-order valence-corrected chi connectivity index (χ4v) is 1.52. The Kier molecular flexibility index (Phi) is 3.15. The number of para-hydroxylation sites is 1. The second-order valence-corrected chi connectivity index (χ2v) is 5.39. The second kappa shape index (κ2) is 4.48. The minimum atomic E-state index is -0.506. The van der Waals surface area contributed by atoms with Gasteiger partial charge in [0.15, 0.2) is 5.75 Å². The Bertz CT molecular complexity index is 461. The lowest BCUT2D eigenvalue weighted by Gasteiger charge is -2.22. The second-order valence-electron chi connectivity index (χ2n) is 5.39. The molecule has 1 aromatic carbocycles. The number of ether oxygens (including phenoxy) is 2. The first kappa shape index (κ1) is 12.7. The van der Waals surface area contributed by atoms with Crippen molar-refractivity contribution in [1.82, 2.24) is 0 Å². The summed E-state index contributed by atoms with van der Waals surface area (Å²) in [6, 6.07) is 4.76. The molecule has 0 unspecified atom stereocenters. The standard InChI is InChI=1S/C13H17NO4/c1-13(2,3)18-12-10(14(15)16)5-4-6-11(12)17-9-7-8-9/h4-6,9H,7-8H2,1-3H3. The number of benzene rings is 1. The molecule has 1 aromatic rings. The van der Waals surface area contributed by atoms with Crippen LogP contribution in [0.5, 0.6) is 11.5 Å². The van der Waals surface area contributed by atoms with Crippen LogP contribution in [0.1, 0.15) is 33.6 Å². The molecule has 0 aromatic heterocycles. The fraction of sp³-hybridized carbons (Fsp3) is 0.538. The number of hydrogen-bond donors (Lipinski definition) is 0. The highest BCUT2D eigenvalue weighted by Gasteiger charge is 2.29. The lowest BCUT2D eigenvalue weighted by Crippen LogP contribution is -2.24. The Labute approximate surface area is 106 Å². The van der Waals surface area contributed by atoms with Gasteiger partial charge in [0.25, 0.3) is 0 Å². The van der Waals surface area contributed by atoms with Crippen LogP contribution in [0.15, 0.2) is 18.2 Å². The van der Waals surface area contributed by atoms with Crippen LogP contribution in [0.3, 0.4) is 0 Å². The van der Waals surface area contributed by atoms with Gasteiger partial charge in [-0.05, 0) is 39.7 Å². The van der Waals surface area contributed by atoms with Gasteiger partial charge in [-0.2, -0.15) is 0 Å². The average molecular weight is 251 g/mol. The van der Waals surface area contributed by atoms with Crippen molar-refractivity contribution in [3.05, 3.63) is 28.3 Å². The fourth-order valence-electron chi connectivity index (χ4n) is 1.52. The maximum Gasteiger partial charge on any atom is 0.314 e. The molecule has 98 valence electrons. The summed E-state index contributed by atoms with van der Waals surface area (Å²) >= 11 is 0. The number of nitro benzene ring substituents is 1. The van der Waals surface area contributed by atoms with Crippen molar-refractivity contribution in [2.24, 2.45) is 0 Å². The molecular formula is C13H17NO4. The summed E-state index contributed by atoms with van der Waals surface area (Å²) in [4.78, 5) is 10.6. The molecule has 2 rings (SSSR count). The Morgan fingerprint density at radius 3 is 2.50 bits per heavy atom. The first-order chi connectivity index (χ1) is 8.37. The van der Waals surface area contributed by atoms with Gasteiger partial charge in [-0.3, -0.25) is 10.1 Å². The maximum absolute atomic E-state index is 11.0. The summed E-state index contributed by atoms with van der Waals surface area (Å²) in [5, 5.41) is 11.0. The summed E-state index contributed by atoms with van der Waals surface area (Å²) < 4.78 is 11.4. The van der Waals surface area contributed by atoms with Crippen molar-refractivity contribution in [1.29, 1.82) is 0 Å². The topological polar surface area (TPSA) is 61.6 Å². The van der Waals surface area contributed by atoms with E-state index in [4.69, 9.17) is 9.47 Å². The van der Waals surface area contributed by atoms with E-state index in [1.807, 2.05) is 20.8 Å². The molecule has 0 saturated heterocycles. The van der Waals surface area contributed by atoms with E-state index < -0.39 is 10.5 Å². The zero-order chi connectivity index (χ0) is 13.3. The Balaban J connectivity index is 2.37. The Morgan fingerprint density at radius 1 is 1.33 bits per heavy atom. The highest BCUT2D eigenvalue weighted by atomic mass is 16.6. The van der Waals surface area contributed by atoms with Crippen molar-refractivity contribution in [3.63, 3.8) is 0 Å². The van der Waals surface area contributed by atoms with E-state index in [0.717, 1.165) is 12.8 Å². The largest absolute Gasteiger partial charge is 0.486 e. The minimum Gasteiger partial charge on any atom is -0.486 e. The molecule has 18 heavy (non-hydrogen) atoms. The Morgan fingerprint density at radius 2 is 2.00 bits per heavy atom. The highest BCUT2D eigenvalue weighted by Crippen LogP contribution is 2.41. The van der Waals surface area contributed by atoms with E-state index in [1.165, 1.54) is 6.07 Å². The maximum atomic E-state index is 11.0. The van der Waals surface area contributed by atoms with E-state index >= 15 is 0 Å². The van der Waals surface area contributed by atoms with E-state index in [0.29, 0.717) is 5.75 Å². The smallest absolute Gasteiger partial charge is 0.314 e. The van der Waals surface area contributed by atoms with E-state index in [-0.39, 0.29) is 17.5 Å². The summed E-state index contributed by atoms with van der Waals surface area (Å²) in [5.74, 6) is 0.684. The number of rotatable bonds is 4. The number of nitrogens with zero attached hydrogens (tertiary/aromatic N) is 1. The highest BCUT2D eigenvalue weighted by molar-refractivity contribution is 5.56. The van der Waals surface area contributed by atoms with E-state index in [2.05, 4.69) is 0 Å². The van der Waals surface area contributed by atoms with Crippen molar-refractivity contribution in [2.75, 3.05) is 0 Å². The third kappa shape index (κ3) is 3.12. The van der Waals surface area contributed by atoms with Gasteiger partial charge >= 0.3 is 5.69 Å². The molecule has 0 amide bonds. The third-order valence-corrected chi connectivity index (χ3v) is 2.38. The van der Waals surface area contributed by atoms with Crippen LogP contribution in [-0.4, -0.2) is 16.6 Å². The zero-order valence-corrected chi connectivity index (χ0v) is 10.8. The minimum absolute atomic E-state index is 0.0527. The molecule has 1 fully saturated rings. The molecule has 1 aliphatic carbocycles. The molecule has 0 heterocycles. The van der Waals surface area contributed by atoms with Crippen LogP contribution in [-0.2, 0) is 0 Å². The van der Waals surface area contributed by atoms with Gasteiger partial charge in [0.2, 0.25) is 5.75 Å². The SMILES string of the molecule is CC(C)(C)Oc1c(OC2CC2)cccc1[N+](=O)[O-]. The molecule has 0 bridgehead atoms. The average Bonchev–Trinajstić information content (AvgIpc) is 3.02. The monoisotopic (exact) mass is 251 g/mol. The summed E-state index contributed by atoms with van der Waals surface area (Å²) in [7, 11) is 0. The van der Waals surface area contributed by atoms with Crippen LogP contribution >= 0.6 is 0 Å². The lowest BCUT2D eigenvalue weighted by molar-refractivity contribution is -0.386. The predicted molar refractivity (Wildman–Crippen MR) is 67.1 cm³/mol. The van der Waals surface area contributed by atoms with E-state index in [1.54, 1.807) is 12.1 Å². The van der Waals surface area contributed by atoms with Crippen molar-refractivity contribution in [2.45, 2.75) is 45.3 Å². The third-order valence-electron chi connectivity index (χ3n) is 2.38. The Hall–Kier alpha value is -1.78. The summed E-state index contributed by atoms with van der Waals surface area (Å²) in [5.41, 5.74) is -0.559. The molecule has 0 aliphatic heterocycles. The van der Waals surface area contributed by atoms with Gasteiger partial charge in [-0.15, -0.1) is 0 Å². The molecule has 1 aliphatic rings. The predicted octanol–water partition coefficient (Wildman–Crippen LogP) is 3.31. The van der Waals surface area contributed by atoms with Crippen molar-refractivity contribution in [3.8, 4) is 11.5 Å². The van der Waals surface area contributed by atoms with Crippen molar-refractivity contribution >= 4 is 5.69 Å². The molecular weight excluding hydrogens is 234 g/mol. The first-order valence-electron chi connectivity index (χ1n) is 6.00. The van der Waals surface area contributed by atoms with Gasteiger partial charge < -0.3 is 9.47 Å². The summed E-state index contributed by atoms with van der Waals surface area (Å²) in [6.45, 7) is 5.56. The molecule has 0 spiro atoms.